The van der Waals surface area contributed by atoms with Crippen LogP contribution in [0.3, 0.4) is 0 Å². The normalized spacial score (nSPS) is 23.1. The van der Waals surface area contributed by atoms with Crippen LogP contribution in [-0.4, -0.2) is 30.1 Å². The molecule has 0 saturated heterocycles. The predicted octanol–water partition coefficient (Wildman–Crippen LogP) is 4.31. The molecule has 3 rings (SSSR count). The fourth-order valence-electron chi connectivity index (χ4n) is 4.10. The van der Waals surface area contributed by atoms with Gasteiger partial charge in [-0.1, -0.05) is 44.9 Å². The number of aryl methyl sites for hydroxylation is 1. The maximum absolute atomic E-state index is 3.71. The summed E-state index contributed by atoms with van der Waals surface area (Å²) >= 11 is 0. The SMILES string of the molecule is CC(C)CN(C1CCCC1)C1CCc2ccccc2NC1. The van der Waals surface area contributed by atoms with E-state index in [-0.39, 0.29) is 0 Å². The average molecular weight is 286 g/mol. The van der Waals surface area contributed by atoms with Crippen molar-refractivity contribution >= 4 is 5.69 Å². The summed E-state index contributed by atoms with van der Waals surface area (Å²) < 4.78 is 0. The van der Waals surface area contributed by atoms with Gasteiger partial charge in [-0.3, -0.25) is 4.90 Å². The van der Waals surface area contributed by atoms with Crippen molar-refractivity contribution in [2.24, 2.45) is 5.92 Å². The Morgan fingerprint density at radius 3 is 2.62 bits per heavy atom. The number of anilines is 1. The maximum Gasteiger partial charge on any atom is 0.0373 e. The number of hydrogen-bond acceptors (Lipinski definition) is 2. The fourth-order valence-corrected chi connectivity index (χ4v) is 4.10. The van der Waals surface area contributed by atoms with Crippen LogP contribution in [0.4, 0.5) is 5.69 Å². The minimum Gasteiger partial charge on any atom is -0.383 e. The highest BCUT2D eigenvalue weighted by Crippen LogP contribution is 2.29. The molecule has 1 aliphatic carbocycles. The van der Waals surface area contributed by atoms with Gasteiger partial charge >= 0.3 is 0 Å². The molecule has 2 nitrogen and oxygen atoms in total. The molecule has 0 bridgehead atoms. The second-order valence-electron chi connectivity index (χ2n) is 7.26. The molecule has 1 N–H and O–H groups in total. The zero-order valence-electron chi connectivity index (χ0n) is 13.6. The highest BCUT2D eigenvalue weighted by Gasteiger charge is 2.30. The van der Waals surface area contributed by atoms with Gasteiger partial charge in [-0.2, -0.15) is 0 Å². The van der Waals surface area contributed by atoms with Gasteiger partial charge in [0.15, 0.2) is 0 Å². The molecule has 21 heavy (non-hydrogen) atoms. The maximum atomic E-state index is 3.71. The number of hydrogen-bond donors (Lipinski definition) is 1. The van der Waals surface area contributed by atoms with E-state index in [9.17, 15) is 0 Å². The van der Waals surface area contributed by atoms with Gasteiger partial charge in [0.25, 0.3) is 0 Å². The summed E-state index contributed by atoms with van der Waals surface area (Å²) in [4.78, 5) is 2.84. The zero-order chi connectivity index (χ0) is 14.7. The van der Waals surface area contributed by atoms with Crippen molar-refractivity contribution in [3.8, 4) is 0 Å². The van der Waals surface area contributed by atoms with Crippen molar-refractivity contribution in [2.45, 2.75) is 64.5 Å². The van der Waals surface area contributed by atoms with Gasteiger partial charge in [0.2, 0.25) is 0 Å². The molecule has 116 valence electrons. The lowest BCUT2D eigenvalue weighted by atomic mass is 10.0. The Labute approximate surface area is 129 Å². The Morgan fingerprint density at radius 2 is 1.86 bits per heavy atom. The smallest absolute Gasteiger partial charge is 0.0373 e. The number of rotatable bonds is 4. The van der Waals surface area contributed by atoms with Crippen LogP contribution in [0.2, 0.25) is 0 Å². The first-order valence-electron chi connectivity index (χ1n) is 8.81. The van der Waals surface area contributed by atoms with Crippen molar-refractivity contribution in [1.29, 1.82) is 0 Å². The van der Waals surface area contributed by atoms with E-state index in [0.29, 0.717) is 6.04 Å². The van der Waals surface area contributed by atoms with Crippen molar-refractivity contribution in [3.05, 3.63) is 29.8 Å². The fraction of sp³-hybridized carbons (Fsp3) is 0.684. The van der Waals surface area contributed by atoms with Gasteiger partial charge in [-0.05, 0) is 43.2 Å². The van der Waals surface area contributed by atoms with Crippen molar-refractivity contribution in [1.82, 2.24) is 4.90 Å². The van der Waals surface area contributed by atoms with Crippen LogP contribution in [0.25, 0.3) is 0 Å². The summed E-state index contributed by atoms with van der Waals surface area (Å²) in [5.41, 5.74) is 2.85. The van der Waals surface area contributed by atoms with Crippen LogP contribution in [0.15, 0.2) is 24.3 Å². The van der Waals surface area contributed by atoms with Crippen LogP contribution in [0.1, 0.15) is 51.5 Å². The standard InChI is InChI=1S/C19H30N2/c1-15(2)14-21(17-8-4-5-9-17)18-12-11-16-7-3-6-10-19(16)20-13-18/h3,6-7,10,15,17-18,20H,4-5,8-9,11-14H2,1-2H3. The lowest BCUT2D eigenvalue weighted by Crippen LogP contribution is -2.47. The number of benzene rings is 1. The van der Waals surface area contributed by atoms with E-state index < -0.39 is 0 Å². The Morgan fingerprint density at radius 1 is 1.10 bits per heavy atom. The molecule has 1 heterocycles. The van der Waals surface area contributed by atoms with Crippen LogP contribution in [0, 0.1) is 5.92 Å². The Kier molecular flexibility index (Phi) is 4.84. The minimum absolute atomic E-state index is 0.697. The number of fused-ring (bicyclic) bond motifs is 1. The summed E-state index contributed by atoms with van der Waals surface area (Å²) in [6.45, 7) is 7.09. The Hall–Kier alpha value is -1.02. The second kappa shape index (κ2) is 6.83. The van der Waals surface area contributed by atoms with E-state index in [0.717, 1.165) is 18.5 Å². The van der Waals surface area contributed by atoms with Gasteiger partial charge in [0.1, 0.15) is 0 Å². The molecule has 0 spiro atoms. The molecule has 1 atom stereocenters. The predicted molar refractivity (Wildman–Crippen MR) is 90.8 cm³/mol. The van der Waals surface area contributed by atoms with E-state index in [1.165, 1.54) is 56.3 Å². The molecule has 0 amide bonds. The number of para-hydroxylation sites is 1. The van der Waals surface area contributed by atoms with Gasteiger partial charge in [-0.15, -0.1) is 0 Å². The van der Waals surface area contributed by atoms with E-state index in [1.54, 1.807) is 0 Å². The van der Waals surface area contributed by atoms with Gasteiger partial charge in [0, 0.05) is 30.9 Å². The monoisotopic (exact) mass is 286 g/mol. The molecule has 1 unspecified atom stereocenters. The summed E-state index contributed by atoms with van der Waals surface area (Å²) in [6, 6.07) is 10.4. The topological polar surface area (TPSA) is 15.3 Å². The van der Waals surface area contributed by atoms with Crippen molar-refractivity contribution in [2.75, 3.05) is 18.4 Å². The third-order valence-electron chi connectivity index (χ3n) is 5.13. The van der Waals surface area contributed by atoms with Crippen LogP contribution >= 0.6 is 0 Å². The molecule has 1 fully saturated rings. The highest BCUT2D eigenvalue weighted by molar-refractivity contribution is 5.52. The lowest BCUT2D eigenvalue weighted by Gasteiger charge is -2.37. The Bertz CT molecular complexity index is 422. The second-order valence-corrected chi connectivity index (χ2v) is 7.26. The quantitative estimate of drug-likeness (QED) is 0.887. The molecule has 2 heteroatoms. The third-order valence-corrected chi connectivity index (χ3v) is 5.13. The largest absolute Gasteiger partial charge is 0.383 e. The zero-order valence-corrected chi connectivity index (χ0v) is 13.6. The molecule has 1 aliphatic heterocycles. The first-order chi connectivity index (χ1) is 10.2. The Balaban J connectivity index is 1.71. The lowest BCUT2D eigenvalue weighted by molar-refractivity contribution is 0.119. The average Bonchev–Trinajstić information content (AvgIpc) is 2.92. The van der Waals surface area contributed by atoms with Gasteiger partial charge in [0.05, 0.1) is 0 Å². The van der Waals surface area contributed by atoms with Crippen LogP contribution < -0.4 is 5.32 Å². The third kappa shape index (κ3) is 3.60. The summed E-state index contributed by atoms with van der Waals surface area (Å²) in [6.07, 6.45) is 8.20. The summed E-state index contributed by atoms with van der Waals surface area (Å²) in [7, 11) is 0. The van der Waals surface area contributed by atoms with Gasteiger partial charge in [-0.25, -0.2) is 0 Å². The summed E-state index contributed by atoms with van der Waals surface area (Å²) in [5, 5.41) is 3.71. The molecule has 1 aromatic carbocycles. The number of nitrogens with one attached hydrogen (secondary N) is 1. The van der Waals surface area contributed by atoms with E-state index in [2.05, 4.69) is 48.3 Å². The molecule has 0 radical (unpaired) electrons. The van der Waals surface area contributed by atoms with Crippen LogP contribution in [0.5, 0.6) is 0 Å². The van der Waals surface area contributed by atoms with E-state index >= 15 is 0 Å². The first-order valence-corrected chi connectivity index (χ1v) is 8.81. The van der Waals surface area contributed by atoms with Gasteiger partial charge < -0.3 is 5.32 Å². The number of nitrogens with zero attached hydrogens (tertiary/aromatic N) is 1. The highest BCUT2D eigenvalue weighted by atomic mass is 15.2. The molecular formula is C19H30N2. The summed E-state index contributed by atoms with van der Waals surface area (Å²) in [5.74, 6) is 0.760. The molecular weight excluding hydrogens is 256 g/mol. The van der Waals surface area contributed by atoms with Crippen molar-refractivity contribution in [3.63, 3.8) is 0 Å². The molecule has 2 aliphatic rings. The minimum atomic E-state index is 0.697. The van der Waals surface area contributed by atoms with Crippen LogP contribution in [-0.2, 0) is 6.42 Å². The first kappa shape index (κ1) is 14.9. The molecule has 1 saturated carbocycles. The molecule has 1 aromatic rings. The van der Waals surface area contributed by atoms with E-state index in [4.69, 9.17) is 0 Å². The van der Waals surface area contributed by atoms with E-state index in [1.807, 2.05) is 0 Å². The van der Waals surface area contributed by atoms with Crippen molar-refractivity contribution < 1.29 is 0 Å². The molecule has 0 aromatic heterocycles.